The predicted molar refractivity (Wildman–Crippen MR) is 54.1 cm³/mol. The minimum absolute atomic E-state index is 0. The Morgan fingerprint density at radius 2 is 2.08 bits per heavy atom. The summed E-state index contributed by atoms with van der Waals surface area (Å²) in [6, 6.07) is 5.22. The molecule has 1 rings (SSSR count). The summed E-state index contributed by atoms with van der Waals surface area (Å²) < 4.78 is 13.6. The van der Waals surface area contributed by atoms with Crippen LogP contribution in [0, 0.1) is 5.82 Å². The van der Waals surface area contributed by atoms with Crippen LogP contribution in [0.1, 0.15) is 5.56 Å². The van der Waals surface area contributed by atoms with Crippen LogP contribution in [-0.4, -0.2) is 6.54 Å². The van der Waals surface area contributed by atoms with Crippen LogP contribution in [-0.2, 0) is 6.42 Å². The molecule has 1 nitrogen and oxygen atoms in total. The zero-order valence-corrected chi connectivity index (χ0v) is 8.79. The number of hydrogen-bond acceptors (Lipinski definition) is 1. The second-order valence-corrected chi connectivity index (χ2v) is 3.11. The SMILES string of the molecule is Cl.NCCc1cccc(Br)c1F. The van der Waals surface area contributed by atoms with E-state index < -0.39 is 0 Å². The molecule has 0 heterocycles. The van der Waals surface area contributed by atoms with E-state index in [0.29, 0.717) is 23.0 Å². The van der Waals surface area contributed by atoms with E-state index in [2.05, 4.69) is 15.9 Å². The maximum Gasteiger partial charge on any atom is 0.140 e. The topological polar surface area (TPSA) is 26.0 Å². The second-order valence-electron chi connectivity index (χ2n) is 2.25. The van der Waals surface area contributed by atoms with Crippen molar-refractivity contribution in [2.75, 3.05) is 6.54 Å². The van der Waals surface area contributed by atoms with Gasteiger partial charge in [0.1, 0.15) is 5.82 Å². The number of rotatable bonds is 2. The van der Waals surface area contributed by atoms with Gasteiger partial charge in [0.2, 0.25) is 0 Å². The zero-order valence-electron chi connectivity index (χ0n) is 6.39. The molecule has 0 aliphatic heterocycles. The molecule has 12 heavy (non-hydrogen) atoms. The summed E-state index contributed by atoms with van der Waals surface area (Å²) in [5, 5.41) is 0. The third kappa shape index (κ3) is 2.73. The predicted octanol–water partition coefficient (Wildman–Crippen LogP) is 2.51. The lowest BCUT2D eigenvalue weighted by Gasteiger charge is -2.01. The highest BCUT2D eigenvalue weighted by Crippen LogP contribution is 2.18. The standard InChI is InChI=1S/C8H9BrFN.ClH/c9-7-3-1-2-6(4-5-11)8(7)10;/h1-3H,4-5,11H2;1H. The van der Waals surface area contributed by atoms with Crippen molar-refractivity contribution in [3.63, 3.8) is 0 Å². The Bertz CT molecular complexity index is 255. The first-order valence-electron chi connectivity index (χ1n) is 3.38. The molecule has 0 aromatic heterocycles. The van der Waals surface area contributed by atoms with Crippen molar-refractivity contribution in [2.45, 2.75) is 6.42 Å². The van der Waals surface area contributed by atoms with Gasteiger partial charge in [-0.2, -0.15) is 0 Å². The van der Waals surface area contributed by atoms with E-state index in [4.69, 9.17) is 5.73 Å². The molecule has 68 valence electrons. The molecule has 1 aromatic carbocycles. The van der Waals surface area contributed by atoms with E-state index in [1.165, 1.54) is 0 Å². The summed E-state index contributed by atoms with van der Waals surface area (Å²) in [6.45, 7) is 0.480. The molecule has 0 bridgehead atoms. The van der Waals surface area contributed by atoms with Crippen LogP contribution in [0.5, 0.6) is 0 Å². The summed E-state index contributed by atoms with van der Waals surface area (Å²) in [4.78, 5) is 0. The fourth-order valence-electron chi connectivity index (χ4n) is 0.897. The summed E-state index contributed by atoms with van der Waals surface area (Å²) in [5.41, 5.74) is 5.97. The van der Waals surface area contributed by atoms with Crippen LogP contribution < -0.4 is 5.73 Å². The maximum atomic E-state index is 13.1. The Morgan fingerprint density at radius 1 is 1.42 bits per heavy atom. The fraction of sp³-hybridized carbons (Fsp3) is 0.250. The molecule has 0 radical (unpaired) electrons. The fourth-order valence-corrected chi connectivity index (χ4v) is 1.30. The summed E-state index contributed by atoms with van der Waals surface area (Å²) in [6.07, 6.45) is 0.589. The van der Waals surface area contributed by atoms with Crippen molar-refractivity contribution in [3.8, 4) is 0 Å². The lowest BCUT2D eigenvalue weighted by Crippen LogP contribution is -2.04. The van der Waals surface area contributed by atoms with Gasteiger partial charge >= 0.3 is 0 Å². The van der Waals surface area contributed by atoms with Crippen LogP contribution in [0.2, 0.25) is 0 Å². The Kier molecular flexibility index (Phi) is 5.46. The zero-order chi connectivity index (χ0) is 8.27. The third-order valence-electron chi connectivity index (χ3n) is 1.45. The Balaban J connectivity index is 0.00000121. The van der Waals surface area contributed by atoms with E-state index in [1.54, 1.807) is 18.2 Å². The van der Waals surface area contributed by atoms with Gasteiger partial charge in [-0.1, -0.05) is 12.1 Å². The molecular weight excluding hydrogens is 244 g/mol. The van der Waals surface area contributed by atoms with Crippen LogP contribution in [0.3, 0.4) is 0 Å². The van der Waals surface area contributed by atoms with Crippen molar-refractivity contribution in [3.05, 3.63) is 34.1 Å². The molecule has 0 fully saturated rings. The monoisotopic (exact) mass is 253 g/mol. The first kappa shape index (κ1) is 11.9. The third-order valence-corrected chi connectivity index (χ3v) is 2.06. The van der Waals surface area contributed by atoms with E-state index in [9.17, 15) is 4.39 Å². The van der Waals surface area contributed by atoms with E-state index in [1.807, 2.05) is 0 Å². The van der Waals surface area contributed by atoms with Crippen LogP contribution in [0.15, 0.2) is 22.7 Å². The Morgan fingerprint density at radius 3 is 2.67 bits per heavy atom. The smallest absolute Gasteiger partial charge is 0.140 e. The number of benzene rings is 1. The summed E-state index contributed by atoms with van der Waals surface area (Å²) >= 11 is 3.10. The van der Waals surface area contributed by atoms with Gasteiger partial charge in [0.05, 0.1) is 4.47 Å². The normalized spacial score (nSPS) is 9.25. The van der Waals surface area contributed by atoms with Gasteiger partial charge in [0.25, 0.3) is 0 Å². The molecule has 0 unspecified atom stereocenters. The molecule has 0 atom stereocenters. The highest BCUT2D eigenvalue weighted by Gasteiger charge is 2.03. The van der Waals surface area contributed by atoms with Crippen LogP contribution in [0.25, 0.3) is 0 Å². The largest absolute Gasteiger partial charge is 0.330 e. The molecule has 0 amide bonds. The summed E-state index contributed by atoms with van der Waals surface area (Å²) in [5.74, 6) is -0.196. The quantitative estimate of drug-likeness (QED) is 0.862. The molecule has 0 aliphatic carbocycles. The van der Waals surface area contributed by atoms with Crippen LogP contribution >= 0.6 is 28.3 Å². The van der Waals surface area contributed by atoms with Crippen molar-refractivity contribution in [2.24, 2.45) is 5.73 Å². The van der Waals surface area contributed by atoms with E-state index >= 15 is 0 Å². The van der Waals surface area contributed by atoms with Crippen molar-refractivity contribution < 1.29 is 4.39 Å². The van der Waals surface area contributed by atoms with Gasteiger partial charge in [-0.05, 0) is 40.5 Å². The van der Waals surface area contributed by atoms with Crippen LogP contribution in [0.4, 0.5) is 4.39 Å². The van der Waals surface area contributed by atoms with Gasteiger partial charge in [-0.3, -0.25) is 0 Å². The molecule has 0 saturated carbocycles. The lowest BCUT2D eigenvalue weighted by molar-refractivity contribution is 0.603. The molecule has 0 saturated heterocycles. The first-order valence-corrected chi connectivity index (χ1v) is 4.18. The minimum atomic E-state index is -0.196. The highest BCUT2D eigenvalue weighted by molar-refractivity contribution is 9.10. The summed E-state index contributed by atoms with van der Waals surface area (Å²) in [7, 11) is 0. The molecule has 0 spiro atoms. The van der Waals surface area contributed by atoms with Gasteiger partial charge in [-0.15, -0.1) is 12.4 Å². The first-order chi connectivity index (χ1) is 5.25. The minimum Gasteiger partial charge on any atom is -0.330 e. The van der Waals surface area contributed by atoms with Gasteiger partial charge in [-0.25, -0.2) is 4.39 Å². The second kappa shape index (κ2) is 5.51. The van der Waals surface area contributed by atoms with Crippen molar-refractivity contribution in [1.29, 1.82) is 0 Å². The van der Waals surface area contributed by atoms with E-state index in [-0.39, 0.29) is 18.2 Å². The molecule has 0 aliphatic rings. The van der Waals surface area contributed by atoms with Gasteiger partial charge in [0.15, 0.2) is 0 Å². The Labute approximate surface area is 85.7 Å². The molecule has 4 heteroatoms. The average Bonchev–Trinajstić information content (AvgIpc) is 1.99. The van der Waals surface area contributed by atoms with Crippen molar-refractivity contribution >= 4 is 28.3 Å². The van der Waals surface area contributed by atoms with E-state index in [0.717, 1.165) is 0 Å². The highest BCUT2D eigenvalue weighted by atomic mass is 79.9. The van der Waals surface area contributed by atoms with Crippen molar-refractivity contribution in [1.82, 2.24) is 0 Å². The molecule has 2 N–H and O–H groups in total. The number of hydrogen-bond donors (Lipinski definition) is 1. The average molecular weight is 255 g/mol. The Hall–Kier alpha value is -0.120. The lowest BCUT2D eigenvalue weighted by atomic mass is 10.1. The number of halogens is 3. The molecule has 1 aromatic rings. The van der Waals surface area contributed by atoms with Gasteiger partial charge in [0, 0.05) is 0 Å². The molecular formula is C8H10BrClFN. The maximum absolute atomic E-state index is 13.1. The number of nitrogens with two attached hydrogens (primary N) is 1. The van der Waals surface area contributed by atoms with Gasteiger partial charge < -0.3 is 5.73 Å².